The topological polar surface area (TPSA) is 45.5 Å². The summed E-state index contributed by atoms with van der Waals surface area (Å²) in [6, 6.07) is 12.0. The Hall–Kier alpha value is -2.63. The maximum atomic E-state index is 13.2. The van der Waals surface area contributed by atoms with Gasteiger partial charge in [0, 0.05) is 18.3 Å². The Kier molecular flexibility index (Phi) is 5.11. The third-order valence-electron chi connectivity index (χ3n) is 4.59. The van der Waals surface area contributed by atoms with E-state index in [1.54, 1.807) is 6.07 Å². The van der Waals surface area contributed by atoms with Gasteiger partial charge in [0.15, 0.2) is 0 Å². The molecule has 2 heterocycles. The lowest BCUT2D eigenvalue weighted by Crippen LogP contribution is -2.27. The number of dihydropyridines is 1. The molecule has 0 saturated heterocycles. The quantitative estimate of drug-likeness (QED) is 0.843. The molecule has 0 saturated carbocycles. The second-order valence-electron chi connectivity index (χ2n) is 6.49. The fourth-order valence-electron chi connectivity index (χ4n) is 3.26. The van der Waals surface area contributed by atoms with Crippen LogP contribution in [0.5, 0.6) is 5.75 Å². The molecule has 0 aliphatic carbocycles. The number of nitrogens with zero attached hydrogens (tertiary/aromatic N) is 2. The van der Waals surface area contributed by atoms with E-state index in [1.165, 1.54) is 18.3 Å². The summed E-state index contributed by atoms with van der Waals surface area (Å²) in [6.07, 6.45) is -0.283. The van der Waals surface area contributed by atoms with Gasteiger partial charge >= 0.3 is 6.18 Å². The number of alkyl halides is 3. The van der Waals surface area contributed by atoms with Gasteiger partial charge in [-0.3, -0.25) is 9.98 Å². The Morgan fingerprint density at radius 2 is 1.85 bits per heavy atom. The lowest BCUT2D eigenvalue weighted by Gasteiger charge is -2.31. The van der Waals surface area contributed by atoms with Crippen molar-refractivity contribution in [1.29, 1.82) is 0 Å². The van der Waals surface area contributed by atoms with Gasteiger partial charge in [-0.2, -0.15) is 13.2 Å². The van der Waals surface area contributed by atoms with Gasteiger partial charge in [-0.1, -0.05) is 43.3 Å². The van der Waals surface area contributed by atoms with Crippen molar-refractivity contribution < 1.29 is 18.3 Å². The van der Waals surface area contributed by atoms with E-state index in [0.717, 1.165) is 11.8 Å². The molecule has 1 N–H and O–H groups in total. The van der Waals surface area contributed by atoms with E-state index in [1.807, 2.05) is 37.3 Å². The van der Waals surface area contributed by atoms with Gasteiger partial charge in [-0.05, 0) is 30.0 Å². The first-order valence-corrected chi connectivity index (χ1v) is 8.36. The van der Waals surface area contributed by atoms with Gasteiger partial charge in [0.05, 0.1) is 5.57 Å². The van der Waals surface area contributed by atoms with E-state index in [2.05, 4.69) is 9.98 Å². The van der Waals surface area contributed by atoms with Crippen molar-refractivity contribution in [3.05, 3.63) is 71.6 Å². The van der Waals surface area contributed by atoms with Crippen molar-refractivity contribution in [2.24, 2.45) is 16.8 Å². The molecule has 0 bridgehead atoms. The number of aromatic nitrogens is 1. The summed E-state index contributed by atoms with van der Waals surface area (Å²) in [7, 11) is 0. The van der Waals surface area contributed by atoms with Crippen LogP contribution >= 0.6 is 0 Å². The average molecular weight is 360 g/mol. The molecule has 1 aromatic heterocycles. The third kappa shape index (κ3) is 3.95. The zero-order valence-electron chi connectivity index (χ0n) is 14.2. The van der Waals surface area contributed by atoms with Crippen LogP contribution in [0.3, 0.4) is 0 Å². The molecule has 3 nitrogen and oxygen atoms in total. The van der Waals surface area contributed by atoms with Crippen LogP contribution in [-0.4, -0.2) is 22.5 Å². The van der Waals surface area contributed by atoms with Crippen molar-refractivity contribution in [3.8, 4) is 5.75 Å². The summed E-state index contributed by atoms with van der Waals surface area (Å²) in [5.41, 5.74) is 0.584. The first kappa shape index (κ1) is 18.2. The fraction of sp³-hybridized carbons (Fsp3) is 0.300. The second kappa shape index (κ2) is 7.32. The highest BCUT2D eigenvalue weighted by Gasteiger charge is 2.39. The Bertz CT molecular complexity index is 815. The van der Waals surface area contributed by atoms with E-state index in [0.29, 0.717) is 12.1 Å². The predicted molar refractivity (Wildman–Crippen MR) is 94.1 cm³/mol. The van der Waals surface area contributed by atoms with Crippen LogP contribution in [0, 0.1) is 11.8 Å². The molecule has 0 radical (unpaired) electrons. The number of benzene rings is 1. The molecule has 136 valence electrons. The van der Waals surface area contributed by atoms with Crippen LogP contribution in [0.15, 0.2) is 65.3 Å². The monoisotopic (exact) mass is 360 g/mol. The molecule has 3 rings (SSSR count). The molecule has 2 aromatic rings. The minimum atomic E-state index is -4.45. The van der Waals surface area contributed by atoms with Crippen molar-refractivity contribution in [1.82, 2.24) is 4.98 Å². The molecular weight excluding hydrogens is 341 g/mol. The summed E-state index contributed by atoms with van der Waals surface area (Å²) < 4.78 is 39.6. The molecule has 2 unspecified atom stereocenters. The predicted octanol–water partition coefficient (Wildman–Crippen LogP) is 4.90. The highest BCUT2D eigenvalue weighted by atomic mass is 19.4. The van der Waals surface area contributed by atoms with Gasteiger partial charge in [-0.25, -0.2) is 0 Å². The zero-order valence-corrected chi connectivity index (χ0v) is 14.2. The van der Waals surface area contributed by atoms with Gasteiger partial charge in [-0.15, -0.1) is 0 Å². The molecule has 6 heteroatoms. The number of aliphatic imine (C=N–C) groups is 1. The molecule has 0 fully saturated rings. The standard InChI is InChI=1S/C20H19F3N2O/c1-13(10-14-6-3-2-4-7-14)16-11-15(20(21,22)23)12-25-18(16)19-17(26)8-5-9-24-19/h2-9,11-13,16,18,26H,10H2,1H3/t13?,16?,18-/m1/s1. The van der Waals surface area contributed by atoms with Crippen molar-refractivity contribution in [2.45, 2.75) is 25.6 Å². The SMILES string of the molecule is CC(Cc1ccccc1)C1C=C(C(F)(F)F)C=N[C@H]1c1ncccc1O. The lowest BCUT2D eigenvalue weighted by atomic mass is 9.79. The van der Waals surface area contributed by atoms with Gasteiger partial charge in [0.25, 0.3) is 0 Å². The second-order valence-corrected chi connectivity index (χ2v) is 6.49. The molecule has 26 heavy (non-hydrogen) atoms. The van der Waals surface area contributed by atoms with E-state index in [-0.39, 0.29) is 11.7 Å². The number of halogens is 3. The van der Waals surface area contributed by atoms with E-state index in [4.69, 9.17) is 0 Å². The molecule has 0 amide bonds. The number of aromatic hydroxyl groups is 1. The summed E-state index contributed by atoms with van der Waals surface area (Å²) >= 11 is 0. The number of hydrogen-bond donors (Lipinski definition) is 1. The molecule has 1 aromatic carbocycles. The van der Waals surface area contributed by atoms with E-state index < -0.39 is 23.7 Å². The maximum absolute atomic E-state index is 13.2. The normalized spacial score (nSPS) is 21.3. The highest BCUT2D eigenvalue weighted by Crippen LogP contribution is 2.41. The Labute approximate surface area is 149 Å². The molecule has 1 aliphatic heterocycles. The van der Waals surface area contributed by atoms with Crippen LogP contribution in [-0.2, 0) is 6.42 Å². The minimum absolute atomic E-state index is 0.0598. The van der Waals surface area contributed by atoms with Crippen molar-refractivity contribution >= 4 is 6.21 Å². The highest BCUT2D eigenvalue weighted by molar-refractivity contribution is 5.81. The van der Waals surface area contributed by atoms with Crippen LogP contribution in [0.4, 0.5) is 13.2 Å². The van der Waals surface area contributed by atoms with Gasteiger partial charge in [0.1, 0.15) is 17.5 Å². The van der Waals surface area contributed by atoms with E-state index >= 15 is 0 Å². The van der Waals surface area contributed by atoms with Crippen LogP contribution in [0.25, 0.3) is 0 Å². The Morgan fingerprint density at radius 3 is 2.50 bits per heavy atom. The third-order valence-corrected chi connectivity index (χ3v) is 4.59. The van der Waals surface area contributed by atoms with Gasteiger partial charge in [0.2, 0.25) is 0 Å². The molecule has 3 atom stereocenters. The first-order valence-electron chi connectivity index (χ1n) is 8.36. The fourth-order valence-corrected chi connectivity index (χ4v) is 3.26. The maximum Gasteiger partial charge on any atom is 0.417 e. The molecule has 0 spiro atoms. The van der Waals surface area contributed by atoms with Gasteiger partial charge < -0.3 is 5.11 Å². The smallest absolute Gasteiger partial charge is 0.417 e. The minimum Gasteiger partial charge on any atom is -0.506 e. The number of allylic oxidation sites excluding steroid dienone is 1. The van der Waals surface area contributed by atoms with Crippen molar-refractivity contribution in [2.75, 3.05) is 0 Å². The van der Waals surface area contributed by atoms with Crippen LogP contribution < -0.4 is 0 Å². The summed E-state index contributed by atoms with van der Waals surface area (Å²) in [6.45, 7) is 1.90. The number of pyridine rings is 1. The zero-order chi connectivity index (χ0) is 18.7. The molecule has 1 aliphatic rings. The average Bonchev–Trinajstić information content (AvgIpc) is 2.62. The number of rotatable bonds is 4. The number of hydrogen-bond acceptors (Lipinski definition) is 3. The lowest BCUT2D eigenvalue weighted by molar-refractivity contribution is -0.0865. The largest absolute Gasteiger partial charge is 0.506 e. The summed E-state index contributed by atoms with van der Waals surface area (Å²) in [5, 5.41) is 10.1. The van der Waals surface area contributed by atoms with Crippen LogP contribution in [0.1, 0.15) is 24.2 Å². The Balaban J connectivity index is 1.95. The first-order chi connectivity index (χ1) is 12.4. The van der Waals surface area contributed by atoms with Crippen molar-refractivity contribution in [3.63, 3.8) is 0 Å². The van der Waals surface area contributed by atoms with Crippen LogP contribution in [0.2, 0.25) is 0 Å². The summed E-state index contributed by atoms with van der Waals surface area (Å²) in [4.78, 5) is 8.27. The van der Waals surface area contributed by atoms with E-state index in [9.17, 15) is 18.3 Å². The molecular formula is C20H19F3N2O. The Morgan fingerprint density at radius 1 is 1.12 bits per heavy atom. The summed E-state index contributed by atoms with van der Waals surface area (Å²) in [5.74, 6) is -0.716.